The van der Waals surface area contributed by atoms with Crippen molar-refractivity contribution in [2.24, 2.45) is 5.73 Å². The van der Waals surface area contributed by atoms with Crippen LogP contribution in [0.2, 0.25) is 0 Å². The van der Waals surface area contributed by atoms with Gasteiger partial charge in [-0.3, -0.25) is 4.79 Å². The van der Waals surface area contributed by atoms with Crippen molar-refractivity contribution in [2.75, 3.05) is 21.1 Å². The summed E-state index contributed by atoms with van der Waals surface area (Å²) in [5.41, 5.74) is 6.66. The third-order valence-corrected chi connectivity index (χ3v) is 1.84. The van der Waals surface area contributed by atoms with E-state index in [1.54, 1.807) is 0 Å². The monoisotopic (exact) mass is 185 g/mol. The van der Waals surface area contributed by atoms with Crippen LogP contribution in [0.4, 0.5) is 0 Å². The molecule has 0 aliphatic heterocycles. The highest BCUT2D eigenvalue weighted by atomic mass is 16.1. The van der Waals surface area contributed by atoms with E-state index in [4.69, 9.17) is 5.73 Å². The van der Waals surface area contributed by atoms with Crippen molar-refractivity contribution in [3.63, 3.8) is 0 Å². The van der Waals surface area contributed by atoms with E-state index in [0.29, 0.717) is 6.42 Å². The largest absolute Gasteiger partial charge is 0.393 e. The van der Waals surface area contributed by atoms with Crippen LogP contribution < -0.4 is 11.1 Å². The molecular formula is C9H19N3O. The molecule has 3 N–H and O–H groups in total. The Bertz CT molecular complexity index is 199. The first-order valence-corrected chi connectivity index (χ1v) is 4.28. The number of carbonyl (C=O) groups excluding carboxylic acids is 1. The lowest BCUT2D eigenvalue weighted by molar-refractivity contribution is -0.118. The molecule has 1 unspecified atom stereocenters. The van der Waals surface area contributed by atoms with Crippen molar-refractivity contribution in [1.82, 2.24) is 10.2 Å². The van der Waals surface area contributed by atoms with Crippen molar-refractivity contribution in [2.45, 2.75) is 19.4 Å². The summed E-state index contributed by atoms with van der Waals surface area (Å²) < 4.78 is 0. The van der Waals surface area contributed by atoms with Gasteiger partial charge in [-0.25, -0.2) is 0 Å². The lowest BCUT2D eigenvalue weighted by atomic mass is 10.1. The smallest absolute Gasteiger partial charge is 0.146 e. The van der Waals surface area contributed by atoms with Crippen LogP contribution in [-0.4, -0.2) is 37.9 Å². The fourth-order valence-electron chi connectivity index (χ4n) is 0.906. The summed E-state index contributed by atoms with van der Waals surface area (Å²) in [4.78, 5) is 12.9. The molecule has 0 radical (unpaired) electrons. The number of carbonyl (C=O) groups is 1. The summed E-state index contributed by atoms with van der Waals surface area (Å²) >= 11 is 0. The van der Waals surface area contributed by atoms with Crippen LogP contribution in [0, 0.1) is 0 Å². The quantitative estimate of drug-likeness (QED) is 0.629. The fourth-order valence-corrected chi connectivity index (χ4v) is 0.906. The molecule has 0 saturated carbocycles. The Hall–Kier alpha value is -1.03. The van der Waals surface area contributed by atoms with E-state index in [0.717, 1.165) is 5.70 Å². The van der Waals surface area contributed by atoms with Crippen molar-refractivity contribution in [3.8, 4) is 0 Å². The summed E-state index contributed by atoms with van der Waals surface area (Å²) in [7, 11) is 5.68. The predicted molar refractivity (Wildman–Crippen MR) is 54.1 cm³/mol. The molecular weight excluding hydrogens is 166 g/mol. The van der Waals surface area contributed by atoms with Crippen molar-refractivity contribution in [3.05, 3.63) is 11.9 Å². The Morgan fingerprint density at radius 2 is 2.15 bits per heavy atom. The number of hydrogen-bond donors (Lipinski definition) is 2. The van der Waals surface area contributed by atoms with Gasteiger partial charge in [-0.1, -0.05) is 0 Å². The molecule has 4 nitrogen and oxygen atoms in total. The molecule has 0 aliphatic carbocycles. The van der Waals surface area contributed by atoms with Crippen LogP contribution >= 0.6 is 0 Å². The highest BCUT2D eigenvalue weighted by Crippen LogP contribution is 2.06. The average Bonchev–Trinajstić information content (AvgIpc) is 2.03. The zero-order valence-electron chi connectivity index (χ0n) is 8.79. The van der Waals surface area contributed by atoms with E-state index in [-0.39, 0.29) is 5.78 Å². The van der Waals surface area contributed by atoms with Crippen molar-refractivity contribution >= 4 is 5.78 Å². The van der Waals surface area contributed by atoms with Gasteiger partial charge in [-0.15, -0.1) is 0 Å². The van der Waals surface area contributed by atoms with E-state index in [1.807, 2.05) is 32.2 Å². The standard InChI is InChI=1S/C9H19N3O/c1-7(13)9(10)5-8(6-11-2)12(3)4/h6,9,11H,5,10H2,1-4H3/b8-6-. The van der Waals surface area contributed by atoms with Gasteiger partial charge >= 0.3 is 0 Å². The minimum Gasteiger partial charge on any atom is -0.393 e. The molecule has 0 rings (SSSR count). The van der Waals surface area contributed by atoms with Gasteiger partial charge in [0.25, 0.3) is 0 Å². The fraction of sp³-hybridized carbons (Fsp3) is 0.667. The van der Waals surface area contributed by atoms with Gasteiger partial charge in [0.05, 0.1) is 6.04 Å². The molecule has 0 heterocycles. The molecule has 0 aromatic heterocycles. The molecule has 0 aromatic rings. The van der Waals surface area contributed by atoms with Crippen LogP contribution in [0.3, 0.4) is 0 Å². The molecule has 0 aliphatic rings. The van der Waals surface area contributed by atoms with Gasteiger partial charge in [0.15, 0.2) is 0 Å². The van der Waals surface area contributed by atoms with Crippen LogP contribution in [-0.2, 0) is 4.79 Å². The molecule has 0 aromatic carbocycles. The molecule has 76 valence electrons. The minimum atomic E-state index is -0.401. The van der Waals surface area contributed by atoms with Crippen LogP contribution in [0.5, 0.6) is 0 Å². The number of nitrogens with two attached hydrogens (primary N) is 1. The second-order valence-electron chi connectivity index (χ2n) is 3.24. The van der Waals surface area contributed by atoms with Crippen molar-refractivity contribution in [1.29, 1.82) is 0 Å². The number of Topliss-reactive ketones (excluding diaryl/α,β-unsaturated/α-hetero) is 1. The molecule has 0 amide bonds. The summed E-state index contributed by atoms with van der Waals surface area (Å²) in [5.74, 6) is 0.0175. The first-order chi connectivity index (χ1) is 5.99. The van der Waals surface area contributed by atoms with Gasteiger partial charge in [0.1, 0.15) is 5.78 Å². The zero-order valence-corrected chi connectivity index (χ0v) is 8.79. The lowest BCUT2D eigenvalue weighted by Crippen LogP contribution is -2.31. The molecule has 0 bridgehead atoms. The topological polar surface area (TPSA) is 58.4 Å². The highest BCUT2D eigenvalue weighted by molar-refractivity contribution is 5.81. The summed E-state index contributed by atoms with van der Waals surface area (Å²) in [6, 6.07) is -0.401. The SMILES string of the molecule is CN/C=C(/CC(N)C(C)=O)N(C)C. The molecule has 0 fully saturated rings. The van der Waals surface area contributed by atoms with Gasteiger partial charge < -0.3 is 16.0 Å². The normalized spacial score (nSPS) is 13.8. The van der Waals surface area contributed by atoms with Gasteiger partial charge in [-0.05, 0) is 6.92 Å². The lowest BCUT2D eigenvalue weighted by Gasteiger charge is -2.19. The first kappa shape index (κ1) is 12.0. The summed E-state index contributed by atoms with van der Waals surface area (Å²) in [5, 5.41) is 2.92. The summed E-state index contributed by atoms with van der Waals surface area (Å²) in [6.45, 7) is 1.51. The Balaban J connectivity index is 4.27. The number of hydrogen-bond acceptors (Lipinski definition) is 4. The number of nitrogens with one attached hydrogen (secondary N) is 1. The van der Waals surface area contributed by atoms with Gasteiger partial charge in [-0.2, -0.15) is 0 Å². The number of rotatable bonds is 5. The second-order valence-corrected chi connectivity index (χ2v) is 3.24. The number of nitrogens with zero attached hydrogens (tertiary/aromatic N) is 1. The second kappa shape index (κ2) is 5.59. The molecule has 4 heteroatoms. The summed E-state index contributed by atoms with van der Waals surface area (Å²) in [6.07, 6.45) is 2.42. The zero-order chi connectivity index (χ0) is 10.4. The van der Waals surface area contributed by atoms with E-state index in [1.165, 1.54) is 6.92 Å². The third-order valence-electron chi connectivity index (χ3n) is 1.84. The van der Waals surface area contributed by atoms with Gasteiger partial charge in [0.2, 0.25) is 0 Å². The Morgan fingerprint density at radius 3 is 2.46 bits per heavy atom. The molecule has 1 atom stereocenters. The Kier molecular flexibility index (Phi) is 5.14. The Labute approximate surface area is 79.8 Å². The third kappa shape index (κ3) is 4.52. The maximum atomic E-state index is 10.9. The first-order valence-electron chi connectivity index (χ1n) is 4.28. The van der Waals surface area contributed by atoms with Crippen LogP contribution in [0.1, 0.15) is 13.3 Å². The van der Waals surface area contributed by atoms with Crippen LogP contribution in [0.15, 0.2) is 11.9 Å². The van der Waals surface area contributed by atoms with E-state index in [9.17, 15) is 4.79 Å². The highest BCUT2D eigenvalue weighted by Gasteiger charge is 2.11. The molecule has 0 spiro atoms. The average molecular weight is 185 g/mol. The van der Waals surface area contributed by atoms with E-state index >= 15 is 0 Å². The van der Waals surface area contributed by atoms with Crippen molar-refractivity contribution < 1.29 is 4.79 Å². The van der Waals surface area contributed by atoms with E-state index < -0.39 is 6.04 Å². The van der Waals surface area contributed by atoms with Gasteiger partial charge in [0, 0.05) is 39.5 Å². The number of ketones is 1. The van der Waals surface area contributed by atoms with E-state index in [2.05, 4.69) is 5.32 Å². The molecule has 13 heavy (non-hydrogen) atoms. The molecule has 0 saturated heterocycles. The van der Waals surface area contributed by atoms with Crippen LogP contribution in [0.25, 0.3) is 0 Å². The maximum Gasteiger partial charge on any atom is 0.146 e. The maximum absolute atomic E-state index is 10.9. The Morgan fingerprint density at radius 1 is 1.62 bits per heavy atom. The predicted octanol–water partition coefficient (Wildman–Crippen LogP) is -0.0848. The minimum absolute atomic E-state index is 0.0175.